The zero-order valence-corrected chi connectivity index (χ0v) is 27.6. The first-order valence-corrected chi connectivity index (χ1v) is 17.3. The fraction of sp³-hybridized carbons (Fsp3) is 0.0213. The van der Waals surface area contributed by atoms with Gasteiger partial charge in [-0.2, -0.15) is 0 Å². The molecular formula is C47H31N3O. The van der Waals surface area contributed by atoms with Crippen molar-refractivity contribution >= 4 is 55.2 Å². The smallest absolute Gasteiger partial charge is 0.169 e. The molecule has 8 aromatic carbocycles. The molecule has 1 unspecified atom stereocenters. The first-order chi connectivity index (χ1) is 25.2. The first-order valence-electron chi connectivity index (χ1n) is 17.3. The average molecular weight is 654 g/mol. The zero-order valence-electron chi connectivity index (χ0n) is 27.6. The molecule has 0 saturated carbocycles. The normalized spacial score (nSPS) is 14.5. The van der Waals surface area contributed by atoms with Gasteiger partial charge in [0.15, 0.2) is 6.17 Å². The molecular weight excluding hydrogens is 623 g/mol. The number of benzene rings is 8. The summed E-state index contributed by atoms with van der Waals surface area (Å²) in [6, 6.07) is 61.8. The monoisotopic (exact) mass is 653 g/mol. The lowest BCUT2D eigenvalue weighted by Gasteiger charge is -2.23. The van der Waals surface area contributed by atoms with E-state index in [1.807, 2.05) is 24.3 Å². The Morgan fingerprint density at radius 3 is 1.88 bits per heavy atom. The molecule has 0 amide bonds. The molecule has 240 valence electrons. The van der Waals surface area contributed by atoms with Gasteiger partial charge in [0.2, 0.25) is 0 Å². The van der Waals surface area contributed by atoms with E-state index in [9.17, 15) is 0 Å². The van der Waals surface area contributed by atoms with Crippen molar-refractivity contribution in [2.45, 2.75) is 6.17 Å². The van der Waals surface area contributed by atoms with Crippen LogP contribution in [0.25, 0.3) is 65.7 Å². The Kier molecular flexibility index (Phi) is 6.85. The molecule has 4 nitrogen and oxygen atoms in total. The van der Waals surface area contributed by atoms with Crippen LogP contribution in [0, 0.1) is 0 Å². The fourth-order valence-electron chi connectivity index (χ4n) is 7.29. The van der Waals surface area contributed by atoms with E-state index in [-0.39, 0.29) is 0 Å². The summed E-state index contributed by atoms with van der Waals surface area (Å²) in [6.45, 7) is 0. The van der Waals surface area contributed by atoms with E-state index in [2.05, 4.69) is 157 Å². The third kappa shape index (κ3) is 5.25. The predicted octanol–water partition coefficient (Wildman–Crippen LogP) is 11.7. The Bertz CT molecular complexity index is 2830. The van der Waals surface area contributed by atoms with Crippen LogP contribution in [-0.2, 0) is 0 Å². The van der Waals surface area contributed by atoms with Crippen molar-refractivity contribution in [2.24, 2.45) is 9.98 Å². The van der Waals surface area contributed by atoms with Crippen LogP contribution in [0.4, 0.5) is 0 Å². The van der Waals surface area contributed by atoms with Gasteiger partial charge in [-0.25, -0.2) is 9.98 Å². The molecule has 4 heteroatoms. The minimum absolute atomic E-state index is 0.411. The average Bonchev–Trinajstić information content (AvgIpc) is 3.60. The summed E-state index contributed by atoms with van der Waals surface area (Å²) in [6.07, 6.45) is -0.411. The van der Waals surface area contributed by atoms with Gasteiger partial charge in [-0.15, -0.1) is 0 Å². The lowest BCUT2D eigenvalue weighted by molar-refractivity contribution is 0.669. The van der Waals surface area contributed by atoms with Gasteiger partial charge in [-0.05, 0) is 79.7 Å². The van der Waals surface area contributed by atoms with Crippen LogP contribution in [0.3, 0.4) is 0 Å². The fourth-order valence-corrected chi connectivity index (χ4v) is 7.29. The maximum absolute atomic E-state index is 6.18. The van der Waals surface area contributed by atoms with Crippen LogP contribution < -0.4 is 5.32 Å². The molecule has 1 aliphatic heterocycles. The highest BCUT2D eigenvalue weighted by Crippen LogP contribution is 2.38. The quantitative estimate of drug-likeness (QED) is 0.201. The second kappa shape index (κ2) is 12.0. The summed E-state index contributed by atoms with van der Waals surface area (Å²) >= 11 is 0. The Balaban J connectivity index is 1.05. The van der Waals surface area contributed by atoms with Crippen molar-refractivity contribution in [1.29, 1.82) is 0 Å². The summed E-state index contributed by atoms with van der Waals surface area (Å²) in [5.41, 5.74) is 9.56. The summed E-state index contributed by atoms with van der Waals surface area (Å²) in [7, 11) is 0. The van der Waals surface area contributed by atoms with E-state index in [4.69, 9.17) is 14.4 Å². The maximum atomic E-state index is 6.18. The summed E-state index contributed by atoms with van der Waals surface area (Å²) in [5, 5.41) is 10.5. The van der Waals surface area contributed by atoms with E-state index in [1.165, 1.54) is 27.5 Å². The molecule has 0 fully saturated rings. The number of furan rings is 1. The minimum atomic E-state index is -0.411. The number of nitrogens with zero attached hydrogens (tertiary/aromatic N) is 2. The molecule has 51 heavy (non-hydrogen) atoms. The highest BCUT2D eigenvalue weighted by atomic mass is 16.3. The maximum Gasteiger partial charge on any atom is 0.169 e. The number of rotatable bonds is 5. The van der Waals surface area contributed by atoms with E-state index < -0.39 is 6.17 Å². The zero-order chi connectivity index (χ0) is 33.7. The second-order valence-corrected chi connectivity index (χ2v) is 13.1. The molecule has 0 bridgehead atoms. The number of fused-ring (bicyclic) bond motifs is 5. The first kappa shape index (κ1) is 29.2. The Labute approximate surface area is 295 Å². The lowest BCUT2D eigenvalue weighted by atomic mass is 9.96. The summed E-state index contributed by atoms with van der Waals surface area (Å²) in [4.78, 5) is 10.4. The van der Waals surface area contributed by atoms with Gasteiger partial charge in [0.25, 0.3) is 0 Å². The van der Waals surface area contributed by atoms with Crippen LogP contribution in [0.2, 0.25) is 0 Å². The highest BCUT2D eigenvalue weighted by Gasteiger charge is 2.22. The Morgan fingerprint density at radius 2 is 1.00 bits per heavy atom. The molecule has 1 aromatic heterocycles. The molecule has 9 aromatic rings. The number of aliphatic imine (C=N–C) groups is 2. The van der Waals surface area contributed by atoms with Crippen molar-refractivity contribution in [3.05, 3.63) is 193 Å². The van der Waals surface area contributed by atoms with Crippen molar-refractivity contribution in [3.8, 4) is 22.3 Å². The van der Waals surface area contributed by atoms with Crippen LogP contribution in [0.5, 0.6) is 0 Å². The SMILES string of the molecule is c1ccc(-c2ccc(C3=NC(c4ccc5cc(-c6cccc7oc8ccccc8c67)ccc5c4)N=C(c4ccc5ccccc5c4)N3)cc2)cc1. The largest absolute Gasteiger partial charge is 0.456 e. The van der Waals surface area contributed by atoms with Gasteiger partial charge < -0.3 is 9.73 Å². The molecule has 1 aliphatic rings. The summed E-state index contributed by atoms with van der Waals surface area (Å²) in [5.74, 6) is 1.60. The van der Waals surface area contributed by atoms with Crippen LogP contribution >= 0.6 is 0 Å². The molecule has 10 rings (SSSR count). The molecule has 2 heterocycles. The van der Waals surface area contributed by atoms with Gasteiger partial charge in [0, 0.05) is 21.9 Å². The van der Waals surface area contributed by atoms with E-state index >= 15 is 0 Å². The minimum Gasteiger partial charge on any atom is -0.456 e. The van der Waals surface area contributed by atoms with Gasteiger partial charge in [0.1, 0.15) is 22.8 Å². The molecule has 0 aliphatic carbocycles. The van der Waals surface area contributed by atoms with Crippen LogP contribution in [0.15, 0.2) is 190 Å². The standard InChI is InChI=1S/C47H31N3O/c1-2-9-30(10-3-1)32-17-20-33(21-18-32)45-48-46(38-25-19-31-11-4-5-12-34(31)28-38)50-47(49-45)39-26-23-35-27-37(24-22-36(35)29-39)40-14-8-16-43-44(40)41-13-6-7-15-42(41)51-43/h1-29,47H,(H,48,49,50). The van der Waals surface area contributed by atoms with E-state index in [0.717, 1.165) is 66.6 Å². The van der Waals surface area contributed by atoms with E-state index in [0.29, 0.717) is 0 Å². The lowest BCUT2D eigenvalue weighted by Crippen LogP contribution is -2.36. The van der Waals surface area contributed by atoms with Gasteiger partial charge >= 0.3 is 0 Å². The Morgan fingerprint density at radius 1 is 0.412 bits per heavy atom. The van der Waals surface area contributed by atoms with Crippen LogP contribution in [0.1, 0.15) is 22.9 Å². The molecule has 0 radical (unpaired) electrons. The third-order valence-electron chi connectivity index (χ3n) is 9.90. The third-order valence-corrected chi connectivity index (χ3v) is 9.90. The number of para-hydroxylation sites is 1. The van der Waals surface area contributed by atoms with E-state index in [1.54, 1.807) is 0 Å². The highest BCUT2D eigenvalue weighted by molar-refractivity contribution is 6.17. The van der Waals surface area contributed by atoms with Gasteiger partial charge in [0.05, 0.1) is 0 Å². The number of amidine groups is 2. The number of hydrogen-bond donors (Lipinski definition) is 1. The van der Waals surface area contributed by atoms with Gasteiger partial charge in [-0.1, -0.05) is 146 Å². The van der Waals surface area contributed by atoms with Gasteiger partial charge in [-0.3, -0.25) is 0 Å². The number of nitrogens with one attached hydrogen (secondary N) is 1. The molecule has 1 N–H and O–H groups in total. The van der Waals surface area contributed by atoms with Crippen molar-refractivity contribution in [1.82, 2.24) is 5.32 Å². The summed E-state index contributed by atoms with van der Waals surface area (Å²) < 4.78 is 6.18. The van der Waals surface area contributed by atoms with Crippen molar-refractivity contribution < 1.29 is 4.42 Å². The molecule has 1 atom stereocenters. The van der Waals surface area contributed by atoms with Crippen molar-refractivity contribution in [3.63, 3.8) is 0 Å². The second-order valence-electron chi connectivity index (χ2n) is 13.1. The molecule has 0 saturated heterocycles. The predicted molar refractivity (Wildman–Crippen MR) is 211 cm³/mol. The topological polar surface area (TPSA) is 49.9 Å². The van der Waals surface area contributed by atoms with Crippen molar-refractivity contribution in [2.75, 3.05) is 0 Å². The molecule has 0 spiro atoms. The number of hydrogen-bond acceptors (Lipinski definition) is 4. The Hall–Kier alpha value is -6.78. The van der Waals surface area contributed by atoms with Crippen LogP contribution in [-0.4, -0.2) is 11.7 Å².